The van der Waals surface area contributed by atoms with E-state index in [1.54, 1.807) is 0 Å². The number of nitro benzene ring substituents is 1. The van der Waals surface area contributed by atoms with Gasteiger partial charge in [-0.3, -0.25) is 14.9 Å². The van der Waals surface area contributed by atoms with Crippen molar-refractivity contribution in [3.05, 3.63) is 56.9 Å². The van der Waals surface area contributed by atoms with Crippen LogP contribution < -0.4 is 5.32 Å². The number of hydrogen-bond donors (Lipinski definition) is 1. The van der Waals surface area contributed by atoms with Crippen molar-refractivity contribution in [2.24, 2.45) is 0 Å². The fraction of sp³-hybridized carbons (Fsp3) is 0.429. The van der Waals surface area contributed by atoms with Gasteiger partial charge in [0.25, 0.3) is 5.69 Å². The molecule has 0 unspecified atom stereocenters. The molecule has 1 N–H and O–H groups in total. The molecular weight excluding hydrogens is 374 g/mol. The minimum absolute atomic E-state index is 0.0503. The summed E-state index contributed by atoms with van der Waals surface area (Å²) in [4.78, 5) is 35.7. The van der Waals surface area contributed by atoms with Crippen LogP contribution in [0.25, 0.3) is 0 Å². The fourth-order valence-corrected chi connectivity index (χ4v) is 3.63. The first-order valence-corrected chi connectivity index (χ1v) is 9.79. The Morgan fingerprint density at radius 3 is 2.55 bits per heavy atom. The number of rotatable bonds is 8. The maximum absolute atomic E-state index is 12.6. The van der Waals surface area contributed by atoms with E-state index in [0.717, 1.165) is 37.1 Å². The molecule has 0 bridgehead atoms. The van der Waals surface area contributed by atoms with Crippen LogP contribution in [0.4, 0.5) is 11.4 Å². The van der Waals surface area contributed by atoms with E-state index in [0.29, 0.717) is 17.3 Å². The molecule has 2 aromatic rings. The molecule has 29 heavy (non-hydrogen) atoms. The maximum atomic E-state index is 12.6. The molecule has 0 atom stereocenters. The van der Waals surface area contributed by atoms with Crippen molar-refractivity contribution < 1.29 is 19.2 Å². The van der Waals surface area contributed by atoms with Crippen molar-refractivity contribution in [1.29, 1.82) is 0 Å². The first kappa shape index (κ1) is 19.2. The van der Waals surface area contributed by atoms with Gasteiger partial charge in [0.2, 0.25) is 5.78 Å². The Morgan fingerprint density at radius 1 is 1.21 bits per heavy atom. The van der Waals surface area contributed by atoms with Gasteiger partial charge < -0.3 is 14.6 Å². The molecule has 0 amide bonds. The third-order valence-corrected chi connectivity index (χ3v) is 5.40. The average Bonchev–Trinajstić information content (AvgIpc) is 3.60. The lowest BCUT2D eigenvalue weighted by Crippen LogP contribution is -2.15. The summed E-state index contributed by atoms with van der Waals surface area (Å²) in [6.45, 7) is 3.46. The topological polar surface area (TPSA) is 103 Å². The van der Waals surface area contributed by atoms with Crippen LogP contribution in [0, 0.1) is 24.0 Å². The number of anilines is 1. The van der Waals surface area contributed by atoms with Gasteiger partial charge >= 0.3 is 5.97 Å². The molecule has 1 heterocycles. The highest BCUT2D eigenvalue weighted by Gasteiger charge is 2.29. The van der Waals surface area contributed by atoms with E-state index in [9.17, 15) is 19.7 Å². The number of Topliss-reactive ketones (excluding diaryl/α,β-unsaturated/α-hetero) is 1. The molecule has 0 saturated heterocycles. The van der Waals surface area contributed by atoms with Gasteiger partial charge in [-0.25, -0.2) is 4.79 Å². The quantitative estimate of drug-likeness (QED) is 0.313. The van der Waals surface area contributed by atoms with Crippen LogP contribution in [0.1, 0.15) is 63.8 Å². The number of ketones is 1. The summed E-state index contributed by atoms with van der Waals surface area (Å²) in [6, 6.07) is 6.71. The molecule has 0 spiro atoms. The number of benzene rings is 1. The highest BCUT2D eigenvalue weighted by atomic mass is 16.6. The van der Waals surface area contributed by atoms with Gasteiger partial charge in [0.05, 0.1) is 10.5 Å². The highest BCUT2D eigenvalue weighted by Crippen LogP contribution is 2.38. The summed E-state index contributed by atoms with van der Waals surface area (Å²) in [5.74, 6) is -1.03. The first-order chi connectivity index (χ1) is 13.8. The molecule has 1 aromatic heterocycles. The van der Waals surface area contributed by atoms with Crippen molar-refractivity contribution in [2.45, 2.75) is 51.6 Å². The predicted molar refractivity (Wildman–Crippen MR) is 107 cm³/mol. The Labute approximate surface area is 168 Å². The lowest BCUT2D eigenvalue weighted by molar-refractivity contribution is -0.384. The molecule has 0 radical (unpaired) electrons. The second-order valence-corrected chi connectivity index (χ2v) is 7.79. The lowest BCUT2D eigenvalue weighted by atomic mass is 10.1. The van der Waals surface area contributed by atoms with Crippen LogP contribution in [-0.4, -0.2) is 33.9 Å². The monoisotopic (exact) mass is 397 g/mol. The van der Waals surface area contributed by atoms with Crippen LogP contribution in [-0.2, 0) is 4.74 Å². The third-order valence-electron chi connectivity index (χ3n) is 5.40. The number of esters is 1. The number of ether oxygens (including phenoxy) is 1. The third kappa shape index (κ3) is 4.01. The van der Waals surface area contributed by atoms with Gasteiger partial charge in [-0.15, -0.1) is 0 Å². The van der Waals surface area contributed by atoms with Crippen molar-refractivity contribution in [3.8, 4) is 0 Å². The van der Waals surface area contributed by atoms with Crippen LogP contribution in [0.3, 0.4) is 0 Å². The first-order valence-electron chi connectivity index (χ1n) is 9.79. The molecule has 2 aliphatic carbocycles. The smallest absolute Gasteiger partial charge is 0.338 e. The van der Waals surface area contributed by atoms with E-state index in [1.165, 1.54) is 18.2 Å². The Bertz CT molecular complexity index is 1000. The molecule has 8 heteroatoms. The molecule has 1 aromatic carbocycles. The number of nitrogens with zero attached hydrogens (tertiary/aromatic N) is 2. The van der Waals surface area contributed by atoms with Crippen LogP contribution in [0.15, 0.2) is 24.3 Å². The van der Waals surface area contributed by atoms with Crippen LogP contribution >= 0.6 is 0 Å². The second kappa shape index (κ2) is 7.35. The molecule has 152 valence electrons. The van der Waals surface area contributed by atoms with E-state index in [-0.39, 0.29) is 23.1 Å². The summed E-state index contributed by atoms with van der Waals surface area (Å²) in [7, 11) is 0. The fourth-order valence-electron chi connectivity index (χ4n) is 3.63. The average molecular weight is 397 g/mol. The number of aryl methyl sites for hydroxylation is 1. The van der Waals surface area contributed by atoms with Gasteiger partial charge in [0.1, 0.15) is 5.69 Å². The number of carbonyl (C=O) groups is 2. The van der Waals surface area contributed by atoms with E-state index >= 15 is 0 Å². The number of nitrogens with one attached hydrogen (secondary N) is 1. The van der Waals surface area contributed by atoms with Crippen molar-refractivity contribution in [3.63, 3.8) is 0 Å². The molecular formula is C21H23N3O5. The predicted octanol–water partition coefficient (Wildman–Crippen LogP) is 3.96. The summed E-state index contributed by atoms with van der Waals surface area (Å²) in [6.07, 6.45) is 4.18. The van der Waals surface area contributed by atoms with Crippen LogP contribution in [0.5, 0.6) is 0 Å². The normalized spacial score (nSPS) is 15.8. The number of aromatic nitrogens is 1. The zero-order valence-electron chi connectivity index (χ0n) is 16.4. The van der Waals surface area contributed by atoms with E-state index in [4.69, 9.17) is 4.74 Å². The number of carbonyl (C=O) groups excluding carboxylic acids is 2. The maximum Gasteiger partial charge on any atom is 0.338 e. The minimum atomic E-state index is -0.754. The SMILES string of the molecule is Cc1cc(C(=O)COC(=O)c2ccc(NC3CC3)c([N+](=O)[O-])c2)c(C)n1C1CC1. The summed E-state index contributed by atoms with van der Waals surface area (Å²) < 4.78 is 7.31. The molecule has 2 saturated carbocycles. The number of nitro groups is 1. The van der Waals surface area contributed by atoms with E-state index in [2.05, 4.69) is 9.88 Å². The van der Waals surface area contributed by atoms with Crippen molar-refractivity contribution in [1.82, 2.24) is 4.57 Å². The minimum Gasteiger partial charge on any atom is -0.454 e. The Hall–Kier alpha value is -3.16. The number of hydrogen-bond acceptors (Lipinski definition) is 6. The van der Waals surface area contributed by atoms with Gasteiger partial charge in [-0.2, -0.15) is 0 Å². The van der Waals surface area contributed by atoms with Gasteiger partial charge in [-0.05, 0) is 57.7 Å². The summed E-state index contributed by atoms with van der Waals surface area (Å²) >= 11 is 0. The molecule has 2 aliphatic rings. The highest BCUT2D eigenvalue weighted by molar-refractivity contribution is 6.00. The Morgan fingerprint density at radius 2 is 1.93 bits per heavy atom. The second-order valence-electron chi connectivity index (χ2n) is 7.79. The molecule has 2 fully saturated rings. The molecule has 0 aliphatic heterocycles. The Kier molecular flexibility index (Phi) is 4.86. The zero-order chi connectivity index (χ0) is 20.7. The Balaban J connectivity index is 1.44. The van der Waals surface area contributed by atoms with Crippen molar-refractivity contribution >= 4 is 23.1 Å². The summed E-state index contributed by atoms with van der Waals surface area (Å²) in [5.41, 5.74) is 2.72. The van der Waals surface area contributed by atoms with E-state index < -0.39 is 17.5 Å². The summed E-state index contributed by atoms with van der Waals surface area (Å²) in [5, 5.41) is 14.4. The largest absolute Gasteiger partial charge is 0.454 e. The van der Waals surface area contributed by atoms with Crippen LogP contribution in [0.2, 0.25) is 0 Å². The van der Waals surface area contributed by atoms with Gasteiger partial charge in [0, 0.05) is 35.1 Å². The zero-order valence-corrected chi connectivity index (χ0v) is 16.4. The molecule has 4 rings (SSSR count). The van der Waals surface area contributed by atoms with Gasteiger partial charge in [0.15, 0.2) is 6.61 Å². The van der Waals surface area contributed by atoms with E-state index in [1.807, 2.05) is 19.9 Å². The van der Waals surface area contributed by atoms with Gasteiger partial charge in [-0.1, -0.05) is 0 Å². The molecule has 8 nitrogen and oxygen atoms in total. The van der Waals surface area contributed by atoms with Crippen molar-refractivity contribution in [2.75, 3.05) is 11.9 Å². The lowest BCUT2D eigenvalue weighted by Gasteiger charge is -2.09. The standard InChI is InChI=1S/C21H23N3O5/c1-12-9-17(13(2)23(12)16-6-7-16)20(25)11-29-21(26)14-3-8-18(22-15-4-5-15)19(10-14)24(27)28/h3,8-10,15-16,22H,4-7,11H2,1-2H3.